The van der Waals surface area contributed by atoms with E-state index in [1.165, 1.54) is 18.2 Å². The number of aromatic nitrogens is 3. The molecular weight excluding hydrogens is 362 g/mol. The van der Waals surface area contributed by atoms with Gasteiger partial charge in [0.1, 0.15) is 16.8 Å². The predicted molar refractivity (Wildman–Crippen MR) is 105 cm³/mol. The number of ether oxygens (including phenoxy) is 1. The van der Waals surface area contributed by atoms with E-state index in [0.29, 0.717) is 6.61 Å². The number of carbonyl (C=O) groups excluding carboxylic acids is 1. The van der Waals surface area contributed by atoms with Crippen LogP contribution in [0.2, 0.25) is 0 Å². The minimum Gasteiger partial charge on any atom is -0.494 e. The summed E-state index contributed by atoms with van der Waals surface area (Å²) in [4.78, 5) is 15.3. The highest BCUT2D eigenvalue weighted by Crippen LogP contribution is 2.38. The number of hydrogen-bond acceptors (Lipinski definition) is 6. The lowest BCUT2D eigenvalue weighted by Gasteiger charge is -2.37. The maximum atomic E-state index is 13.3. The summed E-state index contributed by atoms with van der Waals surface area (Å²) in [6.07, 6.45) is 3.37. The zero-order valence-electron chi connectivity index (χ0n) is 15.7. The third-order valence-electron chi connectivity index (χ3n) is 5.06. The van der Waals surface area contributed by atoms with Crippen LogP contribution in [0.25, 0.3) is 0 Å². The number of benzene rings is 1. The van der Waals surface area contributed by atoms with Gasteiger partial charge < -0.3 is 15.1 Å². The summed E-state index contributed by atoms with van der Waals surface area (Å²) in [5.41, 5.74) is 4.52. The minimum absolute atomic E-state index is 0.151. The lowest BCUT2D eigenvalue weighted by Crippen LogP contribution is -2.47. The Morgan fingerprint density at radius 3 is 2.67 bits per heavy atom. The van der Waals surface area contributed by atoms with Crippen LogP contribution in [-0.4, -0.2) is 50.6 Å². The van der Waals surface area contributed by atoms with Gasteiger partial charge in [0.2, 0.25) is 11.1 Å². The molecule has 1 aromatic carbocycles. The number of likely N-dealkylation sites (tertiary alicyclic amines) is 1. The maximum Gasteiger partial charge on any atom is 0.238 e. The van der Waals surface area contributed by atoms with Crippen LogP contribution in [0.3, 0.4) is 0 Å². The first kappa shape index (κ1) is 18.2. The van der Waals surface area contributed by atoms with Gasteiger partial charge in [-0.25, -0.2) is 4.68 Å². The second-order valence-electron chi connectivity index (χ2n) is 6.90. The predicted octanol–water partition coefficient (Wildman–Crippen LogP) is 2.76. The van der Waals surface area contributed by atoms with Crippen molar-refractivity contribution in [3.63, 3.8) is 0 Å². The molecule has 8 heteroatoms. The number of rotatable bonds is 4. The molecule has 1 N–H and O–H groups in total. The van der Waals surface area contributed by atoms with Gasteiger partial charge in [0.05, 0.1) is 12.6 Å². The van der Waals surface area contributed by atoms with Gasteiger partial charge in [0.15, 0.2) is 0 Å². The molecule has 1 aromatic heterocycles. The number of aryl methyl sites for hydroxylation is 1. The zero-order chi connectivity index (χ0) is 18.8. The van der Waals surface area contributed by atoms with Crippen molar-refractivity contribution < 1.29 is 9.53 Å². The van der Waals surface area contributed by atoms with E-state index in [0.717, 1.165) is 48.2 Å². The van der Waals surface area contributed by atoms with Gasteiger partial charge >= 0.3 is 0 Å². The Morgan fingerprint density at radius 2 is 1.96 bits per heavy atom. The molecule has 27 heavy (non-hydrogen) atoms. The fourth-order valence-electron chi connectivity index (χ4n) is 3.63. The molecule has 2 aliphatic rings. The second-order valence-corrected chi connectivity index (χ2v) is 8.01. The van der Waals surface area contributed by atoms with Crippen LogP contribution in [0.4, 0.5) is 0 Å². The quantitative estimate of drug-likeness (QED) is 0.870. The van der Waals surface area contributed by atoms with Crippen molar-refractivity contribution in [1.29, 1.82) is 0 Å². The molecule has 0 unspecified atom stereocenters. The van der Waals surface area contributed by atoms with Gasteiger partial charge in [-0.05, 0) is 50.8 Å². The molecule has 0 spiro atoms. The summed E-state index contributed by atoms with van der Waals surface area (Å²) in [5, 5.41) is 8.85. The zero-order valence-corrected chi connectivity index (χ0v) is 16.5. The SMILES string of the molecule is CCOc1ccc([C@@H]2Nn3c(C)nnc3S[C@H]2C(=O)N2CCCCC2)cc1. The van der Waals surface area contributed by atoms with Gasteiger partial charge in [-0.1, -0.05) is 23.9 Å². The minimum atomic E-state index is -0.267. The summed E-state index contributed by atoms with van der Waals surface area (Å²) < 4.78 is 7.44. The number of amides is 1. The Labute approximate surface area is 163 Å². The van der Waals surface area contributed by atoms with Crippen LogP contribution >= 0.6 is 11.8 Å². The van der Waals surface area contributed by atoms with Crippen molar-refractivity contribution in [3.8, 4) is 5.75 Å². The summed E-state index contributed by atoms with van der Waals surface area (Å²) >= 11 is 1.50. The third-order valence-corrected chi connectivity index (χ3v) is 6.26. The topological polar surface area (TPSA) is 72.3 Å². The fourth-order valence-corrected chi connectivity index (χ4v) is 4.84. The number of nitrogens with one attached hydrogen (secondary N) is 1. The molecule has 2 aromatic rings. The molecule has 0 radical (unpaired) electrons. The van der Waals surface area contributed by atoms with E-state index in [1.54, 1.807) is 0 Å². The van der Waals surface area contributed by atoms with E-state index in [2.05, 4.69) is 15.6 Å². The van der Waals surface area contributed by atoms with E-state index in [9.17, 15) is 4.79 Å². The Kier molecular flexibility index (Phi) is 5.24. The van der Waals surface area contributed by atoms with E-state index in [4.69, 9.17) is 4.74 Å². The van der Waals surface area contributed by atoms with Crippen molar-refractivity contribution in [3.05, 3.63) is 35.7 Å². The molecule has 2 atom stereocenters. The van der Waals surface area contributed by atoms with Gasteiger partial charge in [-0.2, -0.15) is 0 Å². The first-order chi connectivity index (χ1) is 13.2. The molecule has 1 amide bonds. The van der Waals surface area contributed by atoms with Crippen LogP contribution in [0, 0.1) is 6.92 Å². The molecular formula is C19H25N5O2S. The lowest BCUT2D eigenvalue weighted by molar-refractivity contribution is -0.131. The fraction of sp³-hybridized carbons (Fsp3) is 0.526. The highest BCUT2D eigenvalue weighted by atomic mass is 32.2. The van der Waals surface area contributed by atoms with Gasteiger partial charge in [0, 0.05) is 13.1 Å². The molecule has 7 nitrogen and oxygen atoms in total. The monoisotopic (exact) mass is 387 g/mol. The average molecular weight is 388 g/mol. The number of thioether (sulfide) groups is 1. The molecule has 3 heterocycles. The van der Waals surface area contributed by atoms with Crippen molar-refractivity contribution >= 4 is 17.7 Å². The molecule has 4 rings (SSSR count). The Morgan fingerprint density at radius 1 is 1.22 bits per heavy atom. The molecule has 0 aliphatic carbocycles. The lowest BCUT2D eigenvalue weighted by atomic mass is 10.0. The van der Waals surface area contributed by atoms with Gasteiger partial charge in [0.25, 0.3) is 0 Å². The Balaban J connectivity index is 1.64. The second kappa shape index (κ2) is 7.80. The summed E-state index contributed by atoms with van der Waals surface area (Å²) in [5.74, 6) is 1.81. The molecule has 1 saturated heterocycles. The third kappa shape index (κ3) is 3.63. The van der Waals surface area contributed by atoms with Crippen LogP contribution in [0.1, 0.15) is 43.6 Å². The Bertz CT molecular complexity index is 801. The van der Waals surface area contributed by atoms with Crippen molar-refractivity contribution in [2.75, 3.05) is 25.1 Å². The standard InChI is InChI=1S/C19H25N5O2S/c1-3-26-15-9-7-14(8-10-15)16-17(18(25)23-11-5-4-6-12-23)27-19-21-20-13(2)24(19)22-16/h7-10,16-17,22H,3-6,11-12H2,1-2H3/t16-,17+/m0/s1. The van der Waals surface area contributed by atoms with Crippen molar-refractivity contribution in [2.24, 2.45) is 0 Å². The smallest absolute Gasteiger partial charge is 0.238 e. The highest BCUT2D eigenvalue weighted by Gasteiger charge is 2.39. The van der Waals surface area contributed by atoms with Crippen molar-refractivity contribution in [1.82, 2.24) is 19.8 Å². The largest absolute Gasteiger partial charge is 0.494 e. The van der Waals surface area contributed by atoms with Crippen LogP contribution in [-0.2, 0) is 4.79 Å². The van der Waals surface area contributed by atoms with E-state index in [-0.39, 0.29) is 17.2 Å². The van der Waals surface area contributed by atoms with Gasteiger partial charge in [-0.15, -0.1) is 10.2 Å². The number of fused-ring (bicyclic) bond motifs is 1. The molecule has 2 aliphatic heterocycles. The number of piperidine rings is 1. The summed E-state index contributed by atoms with van der Waals surface area (Å²) in [6.45, 7) is 6.20. The number of nitrogens with zero attached hydrogens (tertiary/aromatic N) is 4. The van der Waals surface area contributed by atoms with Gasteiger partial charge in [-0.3, -0.25) is 4.79 Å². The van der Waals surface area contributed by atoms with Crippen LogP contribution < -0.4 is 10.2 Å². The summed E-state index contributed by atoms with van der Waals surface area (Å²) in [6, 6.07) is 7.83. The number of hydrogen-bond donors (Lipinski definition) is 1. The maximum absolute atomic E-state index is 13.3. The Hall–Kier alpha value is -2.22. The highest BCUT2D eigenvalue weighted by molar-refractivity contribution is 8.00. The van der Waals surface area contributed by atoms with E-state index in [1.807, 2.05) is 47.7 Å². The number of carbonyl (C=O) groups is 1. The molecule has 144 valence electrons. The molecule has 1 fully saturated rings. The van der Waals surface area contributed by atoms with Crippen LogP contribution in [0.5, 0.6) is 5.75 Å². The first-order valence-corrected chi connectivity index (χ1v) is 10.4. The average Bonchev–Trinajstić information content (AvgIpc) is 3.08. The molecule has 0 saturated carbocycles. The first-order valence-electron chi connectivity index (χ1n) is 9.54. The van der Waals surface area contributed by atoms with E-state index >= 15 is 0 Å². The summed E-state index contributed by atoms with van der Waals surface area (Å²) in [7, 11) is 0. The van der Waals surface area contributed by atoms with Crippen LogP contribution in [0.15, 0.2) is 29.4 Å². The van der Waals surface area contributed by atoms with E-state index < -0.39 is 0 Å². The normalized spacial score (nSPS) is 22.1. The van der Waals surface area contributed by atoms with Crippen molar-refractivity contribution in [2.45, 2.75) is 49.6 Å². The molecule has 0 bridgehead atoms.